The molecular weight excluding hydrogens is 300 g/mol. The van der Waals surface area contributed by atoms with Gasteiger partial charge in [0.1, 0.15) is 0 Å². The van der Waals surface area contributed by atoms with Gasteiger partial charge in [-0.2, -0.15) is 0 Å². The Labute approximate surface area is 143 Å². The van der Waals surface area contributed by atoms with Crippen LogP contribution in [0.4, 0.5) is 5.69 Å². The second-order valence-corrected chi connectivity index (χ2v) is 6.44. The Morgan fingerprint density at radius 3 is 2.21 bits per heavy atom. The molecule has 0 aliphatic carbocycles. The first-order chi connectivity index (χ1) is 11.6. The van der Waals surface area contributed by atoms with Gasteiger partial charge in [0.05, 0.1) is 6.42 Å². The molecule has 4 nitrogen and oxygen atoms in total. The van der Waals surface area contributed by atoms with Crippen LogP contribution in [0, 0.1) is 6.92 Å². The Morgan fingerprint density at radius 1 is 0.958 bits per heavy atom. The fourth-order valence-corrected chi connectivity index (χ4v) is 3.26. The van der Waals surface area contributed by atoms with E-state index in [9.17, 15) is 4.79 Å². The molecule has 4 heteroatoms. The Bertz CT molecular complexity index is 689. The van der Waals surface area contributed by atoms with E-state index in [2.05, 4.69) is 41.0 Å². The first-order valence-electron chi connectivity index (χ1n) is 8.44. The first-order valence-corrected chi connectivity index (χ1v) is 8.44. The van der Waals surface area contributed by atoms with E-state index in [1.165, 1.54) is 16.8 Å². The predicted molar refractivity (Wildman–Crippen MR) is 96.5 cm³/mol. The van der Waals surface area contributed by atoms with E-state index in [-0.39, 0.29) is 6.42 Å². The number of anilines is 1. The lowest BCUT2D eigenvalue weighted by atomic mass is 10.1. The summed E-state index contributed by atoms with van der Waals surface area (Å²) < 4.78 is 0. The van der Waals surface area contributed by atoms with E-state index >= 15 is 0 Å². The van der Waals surface area contributed by atoms with Gasteiger partial charge in [-0.25, -0.2) is 0 Å². The normalized spacial score (nSPS) is 15.5. The van der Waals surface area contributed by atoms with Crippen molar-refractivity contribution in [3.05, 3.63) is 65.2 Å². The quantitative estimate of drug-likeness (QED) is 0.918. The van der Waals surface area contributed by atoms with Crippen LogP contribution in [0.3, 0.4) is 0 Å². The van der Waals surface area contributed by atoms with Gasteiger partial charge < -0.3 is 10.0 Å². The third kappa shape index (κ3) is 4.15. The van der Waals surface area contributed by atoms with Gasteiger partial charge in [-0.1, -0.05) is 42.5 Å². The van der Waals surface area contributed by atoms with E-state index in [1.54, 1.807) is 0 Å². The number of piperazine rings is 1. The molecule has 0 bridgehead atoms. The summed E-state index contributed by atoms with van der Waals surface area (Å²) in [6.07, 6.45) is 0.0926. The van der Waals surface area contributed by atoms with Gasteiger partial charge >= 0.3 is 5.97 Å². The van der Waals surface area contributed by atoms with Crippen LogP contribution in [0.15, 0.2) is 48.5 Å². The fourth-order valence-electron chi connectivity index (χ4n) is 3.26. The van der Waals surface area contributed by atoms with Crippen LogP contribution in [-0.4, -0.2) is 42.2 Å². The summed E-state index contributed by atoms with van der Waals surface area (Å²) in [6.45, 7) is 7.27. The number of aliphatic carboxylic acids is 1. The van der Waals surface area contributed by atoms with Crippen molar-refractivity contribution in [1.82, 2.24) is 4.90 Å². The van der Waals surface area contributed by atoms with Crippen LogP contribution < -0.4 is 4.90 Å². The Kier molecular flexibility index (Phi) is 5.16. The molecule has 0 aromatic heterocycles. The predicted octanol–water partition coefficient (Wildman–Crippen LogP) is 2.94. The second kappa shape index (κ2) is 7.49. The summed E-state index contributed by atoms with van der Waals surface area (Å²) >= 11 is 0. The van der Waals surface area contributed by atoms with Crippen LogP contribution in [-0.2, 0) is 17.8 Å². The topological polar surface area (TPSA) is 43.8 Å². The molecule has 2 aromatic carbocycles. The van der Waals surface area contributed by atoms with Crippen LogP contribution >= 0.6 is 0 Å². The van der Waals surface area contributed by atoms with Crippen LogP contribution in [0.5, 0.6) is 0 Å². The van der Waals surface area contributed by atoms with Crippen molar-refractivity contribution in [3.63, 3.8) is 0 Å². The van der Waals surface area contributed by atoms with Crippen LogP contribution in [0.1, 0.15) is 16.7 Å². The molecule has 1 aliphatic rings. The van der Waals surface area contributed by atoms with Crippen molar-refractivity contribution in [3.8, 4) is 0 Å². The molecule has 0 radical (unpaired) electrons. The standard InChI is InChI=1S/C20H24N2O2/c1-16-4-2-3-5-19(16)22-12-10-21(11-13-22)15-18-8-6-17(7-9-18)14-20(23)24/h2-9H,10-15H2,1H3,(H,23,24). The Morgan fingerprint density at radius 2 is 1.58 bits per heavy atom. The molecule has 3 rings (SSSR count). The molecule has 0 saturated carbocycles. The second-order valence-electron chi connectivity index (χ2n) is 6.44. The zero-order chi connectivity index (χ0) is 16.9. The third-order valence-electron chi connectivity index (χ3n) is 4.61. The van der Waals surface area contributed by atoms with Crippen LogP contribution in [0.25, 0.3) is 0 Å². The summed E-state index contributed by atoms with van der Waals surface area (Å²) in [5.41, 5.74) is 4.78. The molecule has 0 spiro atoms. The highest BCUT2D eigenvalue weighted by molar-refractivity contribution is 5.70. The third-order valence-corrected chi connectivity index (χ3v) is 4.61. The van der Waals surface area contributed by atoms with Gasteiger partial charge in [0.25, 0.3) is 0 Å². The molecule has 2 aromatic rings. The minimum atomic E-state index is -0.782. The van der Waals surface area contributed by atoms with E-state index in [0.29, 0.717) is 0 Å². The van der Waals surface area contributed by atoms with E-state index in [0.717, 1.165) is 38.3 Å². The largest absolute Gasteiger partial charge is 0.481 e. The molecule has 126 valence electrons. The summed E-state index contributed by atoms with van der Waals surface area (Å²) in [7, 11) is 0. The van der Waals surface area contributed by atoms with Crippen molar-refractivity contribution in [1.29, 1.82) is 0 Å². The SMILES string of the molecule is Cc1ccccc1N1CCN(Cc2ccc(CC(=O)O)cc2)CC1. The number of rotatable bonds is 5. The highest BCUT2D eigenvalue weighted by atomic mass is 16.4. The minimum absolute atomic E-state index is 0.0926. The number of hydrogen-bond donors (Lipinski definition) is 1. The smallest absolute Gasteiger partial charge is 0.307 e. The highest BCUT2D eigenvalue weighted by Crippen LogP contribution is 2.21. The van der Waals surface area contributed by atoms with Gasteiger partial charge in [-0.15, -0.1) is 0 Å². The summed E-state index contributed by atoms with van der Waals surface area (Å²) in [5, 5.41) is 8.82. The average Bonchev–Trinajstić information content (AvgIpc) is 2.58. The zero-order valence-electron chi connectivity index (χ0n) is 14.1. The minimum Gasteiger partial charge on any atom is -0.481 e. The number of nitrogens with zero attached hydrogens (tertiary/aromatic N) is 2. The number of carboxylic acid groups (broad SMARTS) is 1. The molecule has 0 amide bonds. The van der Waals surface area contributed by atoms with E-state index in [4.69, 9.17) is 5.11 Å². The number of carbonyl (C=O) groups is 1. The van der Waals surface area contributed by atoms with Crippen molar-refractivity contribution < 1.29 is 9.90 Å². The van der Waals surface area contributed by atoms with Gasteiger partial charge in [0.2, 0.25) is 0 Å². The maximum Gasteiger partial charge on any atom is 0.307 e. The molecular formula is C20H24N2O2. The molecule has 1 saturated heterocycles. The number of aryl methyl sites for hydroxylation is 1. The lowest BCUT2D eigenvalue weighted by Crippen LogP contribution is -2.46. The number of carboxylic acids is 1. The summed E-state index contributed by atoms with van der Waals surface area (Å²) in [6, 6.07) is 16.5. The monoisotopic (exact) mass is 324 g/mol. The van der Waals surface area contributed by atoms with Crippen molar-refractivity contribution >= 4 is 11.7 Å². The van der Waals surface area contributed by atoms with E-state index in [1.807, 2.05) is 24.3 Å². The molecule has 24 heavy (non-hydrogen) atoms. The lowest BCUT2D eigenvalue weighted by Gasteiger charge is -2.36. The highest BCUT2D eigenvalue weighted by Gasteiger charge is 2.18. The number of hydrogen-bond acceptors (Lipinski definition) is 3. The van der Waals surface area contributed by atoms with Crippen LogP contribution in [0.2, 0.25) is 0 Å². The maximum absolute atomic E-state index is 10.7. The van der Waals surface area contributed by atoms with Gasteiger partial charge in [0, 0.05) is 38.4 Å². The fraction of sp³-hybridized carbons (Fsp3) is 0.350. The van der Waals surface area contributed by atoms with E-state index < -0.39 is 5.97 Å². The molecule has 1 fully saturated rings. The Balaban J connectivity index is 1.54. The first kappa shape index (κ1) is 16.5. The zero-order valence-corrected chi connectivity index (χ0v) is 14.1. The number of benzene rings is 2. The molecule has 1 aliphatic heterocycles. The van der Waals surface area contributed by atoms with Gasteiger partial charge in [-0.3, -0.25) is 9.69 Å². The molecule has 0 unspecified atom stereocenters. The van der Waals surface area contributed by atoms with Crippen molar-refractivity contribution in [2.24, 2.45) is 0 Å². The maximum atomic E-state index is 10.7. The lowest BCUT2D eigenvalue weighted by molar-refractivity contribution is -0.136. The molecule has 0 atom stereocenters. The Hall–Kier alpha value is -2.33. The van der Waals surface area contributed by atoms with Gasteiger partial charge in [-0.05, 0) is 29.7 Å². The molecule has 1 heterocycles. The number of para-hydroxylation sites is 1. The van der Waals surface area contributed by atoms with Gasteiger partial charge in [0.15, 0.2) is 0 Å². The average molecular weight is 324 g/mol. The van der Waals surface area contributed by atoms with Crippen molar-refractivity contribution in [2.45, 2.75) is 19.9 Å². The summed E-state index contributed by atoms with van der Waals surface area (Å²) in [4.78, 5) is 15.6. The van der Waals surface area contributed by atoms with Crippen molar-refractivity contribution in [2.75, 3.05) is 31.1 Å². The summed E-state index contributed by atoms with van der Waals surface area (Å²) in [5.74, 6) is -0.782. The molecule has 1 N–H and O–H groups in total.